The third-order valence-electron chi connectivity index (χ3n) is 7.74. The molecule has 2 aromatic rings. The van der Waals surface area contributed by atoms with E-state index in [4.69, 9.17) is 16.3 Å². The van der Waals surface area contributed by atoms with Crippen LogP contribution in [0.4, 0.5) is 0 Å². The molecule has 0 bridgehead atoms. The largest absolute Gasteiger partial charge is 0.490 e. The van der Waals surface area contributed by atoms with Crippen molar-refractivity contribution in [2.45, 2.75) is 62.3 Å². The molecule has 1 unspecified atom stereocenters. The minimum Gasteiger partial charge on any atom is -0.490 e. The lowest BCUT2D eigenvalue weighted by Crippen LogP contribution is -2.28. The number of ether oxygens (including phenoxy) is 1. The van der Waals surface area contributed by atoms with Crippen LogP contribution in [0.2, 0.25) is 5.02 Å². The molecule has 0 radical (unpaired) electrons. The van der Waals surface area contributed by atoms with Gasteiger partial charge < -0.3 is 20.1 Å². The van der Waals surface area contributed by atoms with Crippen LogP contribution in [-0.2, 0) is 11.8 Å². The first-order valence-electron chi connectivity index (χ1n) is 11.7. The molecule has 33 heavy (non-hydrogen) atoms. The quantitative estimate of drug-likeness (QED) is 0.550. The average Bonchev–Trinajstić information content (AvgIpc) is 3.54. The number of rotatable bonds is 5. The van der Waals surface area contributed by atoms with E-state index in [0.29, 0.717) is 17.2 Å². The molecule has 3 aliphatic rings. The van der Waals surface area contributed by atoms with Gasteiger partial charge in [-0.25, -0.2) is 4.79 Å². The third kappa shape index (κ3) is 4.30. The summed E-state index contributed by atoms with van der Waals surface area (Å²) in [5, 5.41) is 31.9. The van der Waals surface area contributed by atoms with Gasteiger partial charge in [-0.3, -0.25) is 0 Å². The van der Waals surface area contributed by atoms with Crippen molar-refractivity contribution in [2.75, 3.05) is 0 Å². The highest BCUT2D eigenvalue weighted by Crippen LogP contribution is 2.52. The topological polar surface area (TPSA) is 87.0 Å². The van der Waals surface area contributed by atoms with Crippen LogP contribution in [0.3, 0.4) is 0 Å². The molecule has 2 aliphatic carbocycles. The van der Waals surface area contributed by atoms with Crippen molar-refractivity contribution >= 4 is 17.6 Å². The number of carboxylic acids is 1. The highest BCUT2D eigenvalue weighted by atomic mass is 35.5. The summed E-state index contributed by atoms with van der Waals surface area (Å²) >= 11 is 6.17. The first-order valence-corrected chi connectivity index (χ1v) is 12.1. The minimum atomic E-state index is -0.977. The van der Waals surface area contributed by atoms with Crippen molar-refractivity contribution < 1.29 is 24.9 Å². The summed E-state index contributed by atoms with van der Waals surface area (Å²) in [4.78, 5) is 11.4. The van der Waals surface area contributed by atoms with Gasteiger partial charge in [0.1, 0.15) is 11.9 Å². The molecule has 5 nitrogen and oxygen atoms in total. The normalized spacial score (nSPS) is 28.8. The number of aliphatic hydroxyl groups excluding tert-OH is 2. The van der Waals surface area contributed by atoms with Gasteiger partial charge in [0.15, 0.2) is 0 Å². The molecule has 2 aromatic carbocycles. The smallest absolute Gasteiger partial charge is 0.335 e. The molecule has 5 rings (SSSR count). The van der Waals surface area contributed by atoms with Gasteiger partial charge in [0.05, 0.1) is 17.8 Å². The maximum absolute atomic E-state index is 11.4. The summed E-state index contributed by atoms with van der Waals surface area (Å²) in [6.07, 6.45) is 7.40. The molecule has 2 fully saturated rings. The van der Waals surface area contributed by atoms with Crippen LogP contribution in [-0.4, -0.2) is 39.6 Å². The van der Waals surface area contributed by atoms with E-state index in [9.17, 15) is 20.1 Å². The second-order valence-electron chi connectivity index (χ2n) is 9.72. The fourth-order valence-corrected chi connectivity index (χ4v) is 5.88. The number of carbonyl (C=O) groups is 1. The number of halogens is 1. The first-order chi connectivity index (χ1) is 15.9. The predicted octanol–water partition coefficient (Wildman–Crippen LogP) is 4.77. The Morgan fingerprint density at radius 3 is 2.76 bits per heavy atom. The molecule has 0 spiro atoms. The lowest BCUT2D eigenvalue weighted by atomic mass is 9.85. The fourth-order valence-electron chi connectivity index (χ4n) is 5.69. The van der Waals surface area contributed by atoms with Crippen molar-refractivity contribution in [3.05, 3.63) is 76.3 Å². The zero-order chi connectivity index (χ0) is 23.2. The van der Waals surface area contributed by atoms with Crippen LogP contribution in [0.15, 0.2) is 54.6 Å². The van der Waals surface area contributed by atoms with Crippen LogP contribution >= 0.6 is 11.6 Å². The molecule has 0 saturated heterocycles. The van der Waals surface area contributed by atoms with Crippen LogP contribution in [0.5, 0.6) is 5.75 Å². The van der Waals surface area contributed by atoms with Gasteiger partial charge >= 0.3 is 5.97 Å². The van der Waals surface area contributed by atoms with Crippen molar-refractivity contribution in [1.29, 1.82) is 0 Å². The van der Waals surface area contributed by atoms with Gasteiger partial charge in [0.25, 0.3) is 0 Å². The Kier molecular flexibility index (Phi) is 5.98. The SMILES string of the molecule is O=C(O)c1ccc2c(c1)O[C@H]1C[C@@H](O)[C@H](/C=C/C(O)C3(c4cccc(Cl)c4)CC3)[C@H]1CCC2. The molecule has 174 valence electrons. The van der Waals surface area contributed by atoms with Gasteiger partial charge in [0.2, 0.25) is 0 Å². The Bertz CT molecular complexity index is 1080. The predicted molar refractivity (Wildman–Crippen MR) is 126 cm³/mol. The Hall–Kier alpha value is -2.34. The van der Waals surface area contributed by atoms with Crippen molar-refractivity contribution in [1.82, 2.24) is 0 Å². The number of hydrogen-bond acceptors (Lipinski definition) is 4. The minimum absolute atomic E-state index is 0.107. The van der Waals surface area contributed by atoms with Crippen molar-refractivity contribution in [3.63, 3.8) is 0 Å². The lowest BCUT2D eigenvalue weighted by molar-refractivity contribution is 0.0695. The number of carboxylic acid groups (broad SMARTS) is 1. The number of fused-ring (bicyclic) bond motifs is 2. The number of aromatic carboxylic acids is 1. The first kappa shape index (κ1) is 22.5. The molecule has 1 heterocycles. The van der Waals surface area contributed by atoms with E-state index in [-0.39, 0.29) is 28.9 Å². The second-order valence-corrected chi connectivity index (χ2v) is 10.2. The summed E-state index contributed by atoms with van der Waals surface area (Å²) in [5.41, 5.74) is 1.98. The van der Waals surface area contributed by atoms with E-state index in [1.54, 1.807) is 12.1 Å². The maximum atomic E-state index is 11.4. The molecule has 1 aliphatic heterocycles. The number of benzene rings is 2. The lowest BCUT2D eigenvalue weighted by Gasteiger charge is -2.28. The summed E-state index contributed by atoms with van der Waals surface area (Å²) in [6.45, 7) is 0. The molecule has 0 aromatic heterocycles. The third-order valence-corrected chi connectivity index (χ3v) is 7.97. The Morgan fingerprint density at radius 1 is 1.21 bits per heavy atom. The highest BCUT2D eigenvalue weighted by Gasteiger charge is 2.50. The standard InChI is InChI=1S/C27H29ClO5/c28-19-5-2-4-18(14-19)27(11-12-27)25(30)10-9-20-21-6-1-3-16-7-8-17(26(31)32)13-23(16)33-24(21)15-22(20)29/h2,4-5,7-10,13-14,20-22,24-25,29-30H,1,3,6,11-12,15H2,(H,31,32)/b10-9+/t20-,21-,22-,24+,25?/m1/s1. The summed E-state index contributed by atoms with van der Waals surface area (Å²) in [7, 11) is 0. The van der Waals surface area contributed by atoms with Crippen LogP contribution in [0, 0.1) is 11.8 Å². The van der Waals surface area contributed by atoms with Crippen molar-refractivity contribution in [3.8, 4) is 5.75 Å². The molecular weight excluding hydrogens is 440 g/mol. The zero-order valence-corrected chi connectivity index (χ0v) is 19.1. The number of aryl methyl sites for hydroxylation is 1. The second kappa shape index (κ2) is 8.79. The van der Waals surface area contributed by atoms with Gasteiger partial charge in [-0.05, 0) is 67.5 Å². The number of hydrogen-bond donors (Lipinski definition) is 3. The molecular formula is C27H29ClO5. The van der Waals surface area contributed by atoms with Crippen LogP contribution < -0.4 is 4.74 Å². The highest BCUT2D eigenvalue weighted by molar-refractivity contribution is 6.30. The summed E-state index contributed by atoms with van der Waals surface area (Å²) in [6, 6.07) is 12.8. The fraction of sp³-hybridized carbons (Fsp3) is 0.444. The van der Waals surface area contributed by atoms with Crippen LogP contribution in [0.25, 0.3) is 0 Å². The van der Waals surface area contributed by atoms with E-state index >= 15 is 0 Å². The van der Waals surface area contributed by atoms with Gasteiger partial charge in [-0.2, -0.15) is 0 Å². The van der Waals surface area contributed by atoms with E-state index in [0.717, 1.165) is 43.2 Å². The molecule has 2 saturated carbocycles. The Balaban J connectivity index is 1.34. The summed E-state index contributed by atoms with van der Waals surface area (Å²) in [5.74, 6) is -0.357. The molecule has 5 atom stereocenters. The number of aliphatic hydroxyl groups is 2. The van der Waals surface area contributed by atoms with E-state index in [1.807, 2.05) is 42.5 Å². The maximum Gasteiger partial charge on any atom is 0.335 e. The molecule has 3 N–H and O–H groups in total. The Labute approximate surface area is 198 Å². The Morgan fingerprint density at radius 2 is 2.03 bits per heavy atom. The molecule has 6 heteroatoms. The van der Waals surface area contributed by atoms with Crippen LogP contribution in [0.1, 0.15) is 53.6 Å². The summed E-state index contributed by atoms with van der Waals surface area (Å²) < 4.78 is 6.29. The van der Waals surface area contributed by atoms with E-state index < -0.39 is 18.2 Å². The van der Waals surface area contributed by atoms with Gasteiger partial charge in [-0.15, -0.1) is 0 Å². The zero-order valence-electron chi connectivity index (χ0n) is 18.4. The van der Waals surface area contributed by atoms with E-state index in [2.05, 4.69) is 0 Å². The van der Waals surface area contributed by atoms with E-state index in [1.165, 1.54) is 0 Å². The van der Waals surface area contributed by atoms with Gasteiger partial charge in [-0.1, -0.05) is 42.0 Å². The monoisotopic (exact) mass is 468 g/mol. The average molecular weight is 469 g/mol. The molecule has 0 amide bonds. The van der Waals surface area contributed by atoms with Crippen molar-refractivity contribution in [2.24, 2.45) is 11.8 Å². The van der Waals surface area contributed by atoms with Gasteiger partial charge in [0, 0.05) is 28.7 Å².